The fraction of sp³-hybridized carbons (Fsp3) is 0.500. The van der Waals surface area contributed by atoms with Gasteiger partial charge in [-0.1, -0.05) is 13.8 Å². The molecule has 0 unspecified atom stereocenters. The molecular formula is C8H11Cl2Hf-3. The third kappa shape index (κ3) is 4.49. The summed E-state index contributed by atoms with van der Waals surface area (Å²) in [4.78, 5) is 0. The van der Waals surface area contributed by atoms with E-state index in [1.807, 2.05) is 0 Å². The number of allylic oxidation sites excluding steroid dienone is 4. The maximum absolute atomic E-state index is 3.26. The summed E-state index contributed by atoms with van der Waals surface area (Å²) in [6, 6.07) is 0. The molecule has 0 aromatic rings. The molecular weight excluding hydrogens is 345 g/mol. The molecule has 3 heteroatoms. The van der Waals surface area contributed by atoms with E-state index in [4.69, 9.17) is 0 Å². The van der Waals surface area contributed by atoms with Crippen LogP contribution < -0.4 is 24.8 Å². The van der Waals surface area contributed by atoms with E-state index in [9.17, 15) is 0 Å². The second-order valence-electron chi connectivity index (χ2n) is 2.38. The van der Waals surface area contributed by atoms with Crippen molar-refractivity contribution in [1.82, 2.24) is 0 Å². The van der Waals surface area contributed by atoms with Crippen molar-refractivity contribution in [2.75, 3.05) is 0 Å². The van der Waals surface area contributed by atoms with Crippen LogP contribution in [0.25, 0.3) is 0 Å². The third-order valence-electron chi connectivity index (χ3n) is 1.82. The standard InChI is InChI=1S/C8H11.2ClH.Hf/c1-6-4-5-7(2)8(6)3;;;/h4H2,1-3H3;2*1H;/q-1;;;/p-2. The fourth-order valence-corrected chi connectivity index (χ4v) is 0.850. The Morgan fingerprint density at radius 3 is 1.64 bits per heavy atom. The molecule has 0 bridgehead atoms. The molecule has 0 radical (unpaired) electrons. The Labute approximate surface area is 100 Å². The van der Waals surface area contributed by atoms with Crippen molar-refractivity contribution in [2.24, 2.45) is 0 Å². The number of hydrogen-bond donors (Lipinski definition) is 0. The van der Waals surface area contributed by atoms with Crippen LogP contribution in [0.5, 0.6) is 0 Å². The van der Waals surface area contributed by atoms with Crippen molar-refractivity contribution in [3.05, 3.63) is 22.8 Å². The second kappa shape index (κ2) is 7.57. The Balaban J connectivity index is -0.000000213. The zero-order valence-corrected chi connectivity index (χ0v) is 12.1. The molecule has 0 saturated carbocycles. The first-order chi connectivity index (χ1) is 3.72. The van der Waals surface area contributed by atoms with Gasteiger partial charge in [0.15, 0.2) is 0 Å². The van der Waals surface area contributed by atoms with Gasteiger partial charge in [0.1, 0.15) is 0 Å². The SMILES string of the molecule is CC1=[C-]CC(C)=C1C.[Cl-].[Cl-].[Hf]. The Bertz CT molecular complexity index is 165. The second-order valence-corrected chi connectivity index (χ2v) is 2.38. The minimum atomic E-state index is 0. The van der Waals surface area contributed by atoms with Crippen LogP contribution in [0.1, 0.15) is 27.2 Å². The van der Waals surface area contributed by atoms with Gasteiger partial charge in [-0.25, -0.2) is 5.57 Å². The smallest absolute Gasteiger partial charge is 0 e. The van der Waals surface area contributed by atoms with Crippen molar-refractivity contribution in [3.63, 3.8) is 0 Å². The van der Waals surface area contributed by atoms with Crippen LogP contribution in [0, 0.1) is 6.08 Å². The minimum absolute atomic E-state index is 0. The van der Waals surface area contributed by atoms with E-state index < -0.39 is 0 Å². The molecule has 0 aromatic heterocycles. The van der Waals surface area contributed by atoms with E-state index in [0.29, 0.717) is 0 Å². The maximum atomic E-state index is 3.26. The fourth-order valence-electron chi connectivity index (χ4n) is 0.850. The Hall–Kier alpha value is 0.930. The van der Waals surface area contributed by atoms with Crippen molar-refractivity contribution >= 4 is 0 Å². The topological polar surface area (TPSA) is 0 Å². The van der Waals surface area contributed by atoms with Crippen LogP contribution in [-0.2, 0) is 25.8 Å². The summed E-state index contributed by atoms with van der Waals surface area (Å²) in [5.74, 6) is 0. The van der Waals surface area contributed by atoms with E-state index in [-0.39, 0.29) is 50.7 Å². The van der Waals surface area contributed by atoms with Crippen LogP contribution in [-0.4, -0.2) is 0 Å². The van der Waals surface area contributed by atoms with Crippen molar-refractivity contribution in [1.29, 1.82) is 0 Å². The summed E-state index contributed by atoms with van der Waals surface area (Å²) >= 11 is 0. The molecule has 0 aromatic carbocycles. The van der Waals surface area contributed by atoms with Crippen LogP contribution in [0.15, 0.2) is 16.7 Å². The molecule has 0 spiro atoms. The number of halogens is 2. The molecule has 11 heavy (non-hydrogen) atoms. The van der Waals surface area contributed by atoms with Crippen LogP contribution in [0.3, 0.4) is 0 Å². The molecule has 0 saturated heterocycles. The summed E-state index contributed by atoms with van der Waals surface area (Å²) in [5.41, 5.74) is 4.25. The van der Waals surface area contributed by atoms with Crippen molar-refractivity contribution < 1.29 is 50.7 Å². The van der Waals surface area contributed by atoms with E-state index in [2.05, 4.69) is 26.8 Å². The van der Waals surface area contributed by atoms with E-state index >= 15 is 0 Å². The molecule has 1 aliphatic carbocycles. The van der Waals surface area contributed by atoms with Gasteiger partial charge in [-0.05, 0) is 0 Å². The van der Waals surface area contributed by atoms with E-state index in [0.717, 1.165) is 6.42 Å². The van der Waals surface area contributed by atoms with Gasteiger partial charge in [0.05, 0.1) is 0 Å². The van der Waals surface area contributed by atoms with Gasteiger partial charge in [0.2, 0.25) is 0 Å². The molecule has 0 fully saturated rings. The largest absolute Gasteiger partial charge is 1.00 e. The molecule has 0 amide bonds. The Kier molecular flexibility index (Phi) is 12.3. The average molecular weight is 357 g/mol. The molecule has 0 heterocycles. The predicted molar refractivity (Wildman–Crippen MR) is 35.4 cm³/mol. The quantitative estimate of drug-likeness (QED) is 0.312. The van der Waals surface area contributed by atoms with Crippen LogP contribution in [0.2, 0.25) is 0 Å². The average Bonchev–Trinajstić information content (AvgIpc) is 1.98. The van der Waals surface area contributed by atoms with E-state index in [1.54, 1.807) is 0 Å². The van der Waals surface area contributed by atoms with Gasteiger partial charge < -0.3 is 24.8 Å². The Morgan fingerprint density at radius 2 is 1.55 bits per heavy atom. The normalized spacial score (nSPS) is 14.3. The molecule has 64 valence electrons. The first-order valence-corrected chi connectivity index (χ1v) is 2.96. The van der Waals surface area contributed by atoms with Gasteiger partial charge in [-0.2, -0.15) is 11.1 Å². The van der Waals surface area contributed by atoms with Gasteiger partial charge in [0, 0.05) is 25.8 Å². The van der Waals surface area contributed by atoms with E-state index in [1.165, 1.54) is 16.7 Å². The van der Waals surface area contributed by atoms with Gasteiger partial charge in [0.25, 0.3) is 0 Å². The van der Waals surface area contributed by atoms with Crippen molar-refractivity contribution in [3.8, 4) is 0 Å². The van der Waals surface area contributed by atoms with Gasteiger partial charge in [-0.15, -0.1) is 13.3 Å². The first kappa shape index (κ1) is 17.9. The minimum Gasteiger partial charge on any atom is -1.00 e. The third-order valence-corrected chi connectivity index (χ3v) is 1.82. The zero-order chi connectivity index (χ0) is 6.15. The maximum Gasteiger partial charge on any atom is 0 e. The summed E-state index contributed by atoms with van der Waals surface area (Å²) < 4.78 is 0. The number of hydrogen-bond acceptors (Lipinski definition) is 0. The number of rotatable bonds is 0. The molecule has 0 atom stereocenters. The molecule has 1 rings (SSSR count). The predicted octanol–water partition coefficient (Wildman–Crippen LogP) is -3.52. The van der Waals surface area contributed by atoms with Crippen LogP contribution >= 0.6 is 0 Å². The monoisotopic (exact) mass is 357 g/mol. The summed E-state index contributed by atoms with van der Waals surface area (Å²) in [6.07, 6.45) is 4.31. The molecule has 1 aliphatic rings. The summed E-state index contributed by atoms with van der Waals surface area (Å²) in [7, 11) is 0. The van der Waals surface area contributed by atoms with Gasteiger partial charge >= 0.3 is 0 Å². The van der Waals surface area contributed by atoms with Crippen LogP contribution in [0.4, 0.5) is 0 Å². The molecule has 0 N–H and O–H groups in total. The summed E-state index contributed by atoms with van der Waals surface area (Å²) in [6.45, 7) is 6.44. The van der Waals surface area contributed by atoms with Crippen molar-refractivity contribution in [2.45, 2.75) is 27.2 Å². The first-order valence-electron chi connectivity index (χ1n) is 2.96. The van der Waals surface area contributed by atoms with Gasteiger partial charge in [-0.3, -0.25) is 6.08 Å². The summed E-state index contributed by atoms with van der Waals surface area (Å²) in [5, 5.41) is 0. The zero-order valence-electron chi connectivity index (χ0n) is 6.96. The molecule has 0 nitrogen and oxygen atoms in total. The molecule has 0 aliphatic heterocycles. The Morgan fingerprint density at radius 1 is 1.09 bits per heavy atom.